The van der Waals surface area contributed by atoms with Crippen LogP contribution in [-0.2, 0) is 14.3 Å². The van der Waals surface area contributed by atoms with E-state index in [1.807, 2.05) is 0 Å². The predicted molar refractivity (Wildman–Crippen MR) is 95.7 cm³/mol. The molecule has 142 valence electrons. The Balaban J connectivity index is 2.15. The highest BCUT2D eigenvalue weighted by Crippen LogP contribution is 2.25. The van der Waals surface area contributed by atoms with E-state index in [1.165, 1.54) is 23.1 Å². The molecule has 1 aromatic rings. The molecule has 0 aromatic heterocycles. The molecule has 7 nitrogen and oxygen atoms in total. The van der Waals surface area contributed by atoms with Gasteiger partial charge in [0, 0.05) is 18.1 Å². The van der Waals surface area contributed by atoms with Crippen LogP contribution in [0.3, 0.4) is 0 Å². The first kappa shape index (κ1) is 20.0. The first-order valence-corrected chi connectivity index (χ1v) is 8.86. The van der Waals surface area contributed by atoms with Gasteiger partial charge in [-0.2, -0.15) is 0 Å². The summed E-state index contributed by atoms with van der Waals surface area (Å²) in [6.45, 7) is 4.20. The number of hydrogen-bond acceptors (Lipinski definition) is 5. The molecular weight excluding hydrogens is 360 g/mol. The maximum atomic E-state index is 12.8. The molecule has 0 radical (unpaired) electrons. The van der Waals surface area contributed by atoms with Gasteiger partial charge in [-0.1, -0.05) is 25.4 Å². The summed E-state index contributed by atoms with van der Waals surface area (Å²) in [5, 5.41) is 10.1. The van der Waals surface area contributed by atoms with Gasteiger partial charge in [0.25, 0.3) is 5.91 Å². The summed E-state index contributed by atoms with van der Waals surface area (Å²) in [6.07, 6.45) is 0.266. The molecular formula is C18H23ClN2O5. The van der Waals surface area contributed by atoms with Crippen molar-refractivity contribution in [3.8, 4) is 5.75 Å². The van der Waals surface area contributed by atoms with Gasteiger partial charge >= 0.3 is 5.97 Å². The Bertz CT molecular complexity index is 707. The lowest BCUT2D eigenvalue weighted by atomic mass is 9.96. The number of piperidine rings is 1. The van der Waals surface area contributed by atoms with Crippen LogP contribution >= 0.6 is 11.6 Å². The maximum absolute atomic E-state index is 12.8. The summed E-state index contributed by atoms with van der Waals surface area (Å²) in [6, 6.07) is 4.01. The van der Waals surface area contributed by atoms with Crippen molar-refractivity contribution < 1.29 is 24.2 Å². The minimum absolute atomic E-state index is 0.107. The molecule has 2 atom stereocenters. The van der Waals surface area contributed by atoms with Crippen LogP contribution in [0.15, 0.2) is 18.2 Å². The Morgan fingerprint density at radius 3 is 2.65 bits per heavy atom. The SMILES string of the molecule is CC(C)[C@@H](OC(=O)c1cc(Cl)ccc1O)C(=O)N1CCC[C@@H](C(N)=O)C1. The van der Waals surface area contributed by atoms with E-state index in [0.29, 0.717) is 19.4 Å². The van der Waals surface area contributed by atoms with Crippen LogP contribution < -0.4 is 5.73 Å². The standard InChI is InChI=1S/C18H23ClN2O5/c1-10(2)15(17(24)21-7-3-4-11(9-21)16(20)23)26-18(25)13-8-12(19)5-6-14(13)22/h5-6,8,10-11,15,22H,3-4,7,9H2,1-2H3,(H2,20,23)/t11-,15-/m1/s1. The van der Waals surface area contributed by atoms with E-state index in [2.05, 4.69) is 0 Å². The molecule has 1 aliphatic heterocycles. The van der Waals surface area contributed by atoms with Crippen LogP contribution in [0.5, 0.6) is 5.75 Å². The molecule has 0 spiro atoms. The number of nitrogens with two attached hydrogens (primary N) is 1. The molecule has 1 heterocycles. The molecule has 2 amide bonds. The molecule has 1 fully saturated rings. The molecule has 2 rings (SSSR count). The number of esters is 1. The number of halogens is 1. The number of phenolic OH excluding ortho intramolecular Hbond substituents is 1. The number of aromatic hydroxyl groups is 1. The smallest absolute Gasteiger partial charge is 0.342 e. The highest BCUT2D eigenvalue weighted by atomic mass is 35.5. The number of phenols is 1. The minimum atomic E-state index is -1.03. The third-order valence-electron chi connectivity index (χ3n) is 4.40. The molecule has 3 N–H and O–H groups in total. The number of hydrogen-bond donors (Lipinski definition) is 2. The maximum Gasteiger partial charge on any atom is 0.342 e. The number of primary amides is 1. The van der Waals surface area contributed by atoms with E-state index >= 15 is 0 Å². The minimum Gasteiger partial charge on any atom is -0.507 e. The Morgan fingerprint density at radius 1 is 1.35 bits per heavy atom. The lowest BCUT2D eigenvalue weighted by molar-refractivity contribution is -0.145. The van der Waals surface area contributed by atoms with E-state index < -0.39 is 23.9 Å². The van der Waals surface area contributed by atoms with Crippen LogP contribution in [0.2, 0.25) is 5.02 Å². The van der Waals surface area contributed by atoms with E-state index in [1.54, 1.807) is 13.8 Å². The zero-order valence-electron chi connectivity index (χ0n) is 14.8. The number of carbonyl (C=O) groups is 3. The average molecular weight is 383 g/mol. The summed E-state index contributed by atoms with van der Waals surface area (Å²) >= 11 is 5.85. The summed E-state index contributed by atoms with van der Waals surface area (Å²) in [4.78, 5) is 38.2. The van der Waals surface area contributed by atoms with Gasteiger partial charge in [0.15, 0.2) is 6.10 Å². The Labute approximate surface area is 157 Å². The summed E-state index contributed by atoms with van der Waals surface area (Å²) in [7, 11) is 0. The fraction of sp³-hybridized carbons (Fsp3) is 0.500. The van der Waals surface area contributed by atoms with E-state index in [4.69, 9.17) is 22.1 Å². The van der Waals surface area contributed by atoms with Crippen molar-refractivity contribution in [3.05, 3.63) is 28.8 Å². The van der Waals surface area contributed by atoms with Crippen LogP contribution in [0, 0.1) is 11.8 Å². The van der Waals surface area contributed by atoms with Crippen LogP contribution in [0.4, 0.5) is 0 Å². The lowest BCUT2D eigenvalue weighted by Gasteiger charge is -2.34. The van der Waals surface area contributed by atoms with Gasteiger partial charge in [0.2, 0.25) is 5.91 Å². The largest absolute Gasteiger partial charge is 0.507 e. The first-order valence-electron chi connectivity index (χ1n) is 8.48. The number of nitrogens with zero attached hydrogens (tertiary/aromatic N) is 1. The van der Waals surface area contributed by atoms with Gasteiger partial charge < -0.3 is 20.5 Å². The van der Waals surface area contributed by atoms with Gasteiger partial charge in [0.1, 0.15) is 11.3 Å². The van der Waals surface area contributed by atoms with Crippen LogP contribution in [0.25, 0.3) is 0 Å². The van der Waals surface area contributed by atoms with Gasteiger partial charge in [-0.15, -0.1) is 0 Å². The zero-order valence-corrected chi connectivity index (χ0v) is 15.5. The number of likely N-dealkylation sites (tertiary alicyclic amines) is 1. The molecule has 1 aromatic carbocycles. The second kappa shape index (κ2) is 8.40. The van der Waals surface area contributed by atoms with Crippen molar-refractivity contribution in [1.29, 1.82) is 0 Å². The topological polar surface area (TPSA) is 110 Å². The summed E-state index contributed by atoms with van der Waals surface area (Å²) in [5.74, 6) is -2.61. The lowest BCUT2D eigenvalue weighted by Crippen LogP contribution is -2.50. The predicted octanol–water partition coefficient (Wildman–Crippen LogP) is 1.95. The molecule has 1 saturated heterocycles. The van der Waals surface area contributed by atoms with E-state index in [0.717, 1.165) is 0 Å². The third-order valence-corrected chi connectivity index (χ3v) is 4.63. The van der Waals surface area contributed by atoms with Crippen molar-refractivity contribution in [2.24, 2.45) is 17.6 Å². The first-order chi connectivity index (χ1) is 12.2. The Hall–Kier alpha value is -2.28. The van der Waals surface area contributed by atoms with Crippen molar-refractivity contribution in [3.63, 3.8) is 0 Å². The number of ether oxygens (including phenoxy) is 1. The van der Waals surface area contributed by atoms with Gasteiger partial charge in [-0.3, -0.25) is 9.59 Å². The second-order valence-electron chi connectivity index (χ2n) is 6.76. The van der Waals surface area contributed by atoms with Gasteiger partial charge in [-0.05, 0) is 37.0 Å². The zero-order chi connectivity index (χ0) is 19.4. The number of carbonyl (C=O) groups excluding carboxylic acids is 3. The molecule has 0 saturated carbocycles. The molecule has 8 heteroatoms. The fourth-order valence-corrected chi connectivity index (χ4v) is 3.08. The number of amides is 2. The average Bonchev–Trinajstić information content (AvgIpc) is 2.60. The summed E-state index contributed by atoms with van der Waals surface area (Å²) < 4.78 is 5.38. The number of rotatable bonds is 5. The highest BCUT2D eigenvalue weighted by molar-refractivity contribution is 6.31. The molecule has 0 aliphatic carbocycles. The highest BCUT2D eigenvalue weighted by Gasteiger charge is 2.35. The Morgan fingerprint density at radius 2 is 2.04 bits per heavy atom. The quantitative estimate of drug-likeness (QED) is 0.756. The van der Waals surface area contributed by atoms with Crippen molar-refractivity contribution >= 4 is 29.4 Å². The molecule has 0 unspecified atom stereocenters. The van der Waals surface area contributed by atoms with Gasteiger partial charge in [-0.25, -0.2) is 4.79 Å². The normalized spacial score (nSPS) is 18.5. The van der Waals surface area contributed by atoms with Crippen molar-refractivity contribution in [2.75, 3.05) is 13.1 Å². The van der Waals surface area contributed by atoms with Crippen molar-refractivity contribution in [1.82, 2.24) is 4.90 Å². The number of benzene rings is 1. The fourth-order valence-electron chi connectivity index (χ4n) is 2.91. The monoisotopic (exact) mass is 382 g/mol. The van der Waals surface area contributed by atoms with Crippen LogP contribution in [0.1, 0.15) is 37.0 Å². The van der Waals surface area contributed by atoms with E-state index in [-0.39, 0.29) is 34.7 Å². The summed E-state index contributed by atoms with van der Waals surface area (Å²) in [5.41, 5.74) is 5.24. The van der Waals surface area contributed by atoms with Crippen molar-refractivity contribution in [2.45, 2.75) is 32.8 Å². The molecule has 26 heavy (non-hydrogen) atoms. The molecule has 1 aliphatic rings. The Kier molecular flexibility index (Phi) is 6.47. The third kappa shape index (κ3) is 4.66. The second-order valence-corrected chi connectivity index (χ2v) is 7.19. The molecule has 0 bridgehead atoms. The van der Waals surface area contributed by atoms with E-state index in [9.17, 15) is 19.5 Å². The van der Waals surface area contributed by atoms with Crippen LogP contribution in [-0.4, -0.2) is 47.0 Å². The van der Waals surface area contributed by atoms with Gasteiger partial charge in [0.05, 0.1) is 5.92 Å².